The van der Waals surface area contributed by atoms with Gasteiger partial charge in [0, 0.05) is 0 Å². The standard InChI is InChI=1S/C6H7FN2O2S/c1-8-12(10,11)6-3-2-5(7)4-9-6/h2-4,8H,1H3. The van der Waals surface area contributed by atoms with E-state index in [0.29, 0.717) is 0 Å². The van der Waals surface area contributed by atoms with Crippen LogP contribution in [0.4, 0.5) is 4.39 Å². The molecule has 1 aromatic heterocycles. The normalized spacial score (nSPS) is 11.5. The molecule has 0 fully saturated rings. The van der Waals surface area contributed by atoms with Crippen molar-refractivity contribution < 1.29 is 12.8 Å². The van der Waals surface area contributed by atoms with Crippen molar-refractivity contribution in [3.8, 4) is 0 Å². The molecule has 0 aliphatic carbocycles. The third kappa shape index (κ3) is 1.77. The smallest absolute Gasteiger partial charge is 0.240 e. The molecule has 0 spiro atoms. The summed E-state index contributed by atoms with van der Waals surface area (Å²) < 4.78 is 36.4. The Morgan fingerprint density at radius 1 is 1.50 bits per heavy atom. The van der Waals surface area contributed by atoms with E-state index < -0.39 is 15.8 Å². The second kappa shape index (κ2) is 3.16. The van der Waals surface area contributed by atoms with Crippen LogP contribution in [0.5, 0.6) is 0 Å². The molecule has 0 aliphatic heterocycles. The van der Waals surface area contributed by atoms with E-state index in [1.807, 2.05) is 0 Å². The second-order valence-corrected chi connectivity index (χ2v) is 3.86. The molecule has 1 N–H and O–H groups in total. The SMILES string of the molecule is CNS(=O)(=O)c1ccc(F)cn1. The van der Waals surface area contributed by atoms with Crippen LogP contribution in [-0.2, 0) is 10.0 Å². The molecule has 0 aromatic carbocycles. The Balaban J connectivity index is 3.14. The maximum Gasteiger partial charge on any atom is 0.257 e. The average molecular weight is 190 g/mol. The van der Waals surface area contributed by atoms with Gasteiger partial charge in [-0.2, -0.15) is 0 Å². The molecule has 0 amide bonds. The molecule has 12 heavy (non-hydrogen) atoms. The largest absolute Gasteiger partial charge is 0.257 e. The van der Waals surface area contributed by atoms with Gasteiger partial charge < -0.3 is 0 Å². The lowest BCUT2D eigenvalue weighted by Crippen LogP contribution is -2.19. The van der Waals surface area contributed by atoms with Crippen LogP contribution in [0.15, 0.2) is 23.4 Å². The summed E-state index contributed by atoms with van der Waals surface area (Å²) in [6, 6.07) is 2.14. The maximum atomic E-state index is 12.3. The third-order valence-electron chi connectivity index (χ3n) is 1.24. The predicted molar refractivity (Wildman–Crippen MR) is 40.4 cm³/mol. The number of nitrogens with one attached hydrogen (secondary N) is 1. The number of pyridine rings is 1. The summed E-state index contributed by atoms with van der Waals surface area (Å²) in [5.41, 5.74) is 0. The van der Waals surface area contributed by atoms with Crippen LogP contribution in [0.2, 0.25) is 0 Å². The van der Waals surface area contributed by atoms with Crippen LogP contribution in [-0.4, -0.2) is 20.4 Å². The maximum absolute atomic E-state index is 12.3. The van der Waals surface area contributed by atoms with E-state index in [9.17, 15) is 12.8 Å². The average Bonchev–Trinajstić information content (AvgIpc) is 2.05. The third-order valence-corrected chi connectivity index (χ3v) is 2.57. The van der Waals surface area contributed by atoms with Crippen molar-refractivity contribution in [2.45, 2.75) is 5.03 Å². The highest BCUT2D eigenvalue weighted by Gasteiger charge is 2.11. The second-order valence-electron chi connectivity index (χ2n) is 2.02. The molecule has 0 unspecified atom stereocenters. The highest BCUT2D eigenvalue weighted by molar-refractivity contribution is 7.89. The topological polar surface area (TPSA) is 59.1 Å². The van der Waals surface area contributed by atoms with E-state index >= 15 is 0 Å². The Labute approximate surface area is 69.5 Å². The molecule has 0 radical (unpaired) electrons. The number of hydrogen-bond donors (Lipinski definition) is 1. The van der Waals surface area contributed by atoms with Gasteiger partial charge >= 0.3 is 0 Å². The first kappa shape index (κ1) is 9.08. The summed E-state index contributed by atoms with van der Waals surface area (Å²) in [5.74, 6) is -0.565. The van der Waals surface area contributed by atoms with Gasteiger partial charge in [-0.05, 0) is 19.2 Å². The van der Waals surface area contributed by atoms with Crippen molar-refractivity contribution in [3.63, 3.8) is 0 Å². The molecule has 0 aliphatic rings. The molecule has 0 saturated heterocycles. The molecule has 0 atom stereocenters. The van der Waals surface area contributed by atoms with Gasteiger partial charge in [0.15, 0.2) is 5.03 Å². The molecule has 6 heteroatoms. The molecule has 1 rings (SSSR count). The minimum absolute atomic E-state index is 0.189. The van der Waals surface area contributed by atoms with Crippen molar-refractivity contribution in [2.24, 2.45) is 0 Å². The number of nitrogens with zero attached hydrogens (tertiary/aromatic N) is 1. The lowest BCUT2D eigenvalue weighted by atomic mass is 10.5. The zero-order valence-electron chi connectivity index (χ0n) is 6.28. The lowest BCUT2D eigenvalue weighted by molar-refractivity contribution is 0.581. The summed E-state index contributed by atoms with van der Waals surface area (Å²) in [7, 11) is -2.28. The number of sulfonamides is 1. The first-order valence-corrected chi connectivity index (χ1v) is 4.59. The molecule has 1 heterocycles. The van der Waals surface area contributed by atoms with Crippen molar-refractivity contribution in [1.82, 2.24) is 9.71 Å². The summed E-state index contributed by atoms with van der Waals surface area (Å²) in [4.78, 5) is 3.40. The summed E-state index contributed by atoms with van der Waals surface area (Å²) in [5, 5.41) is -0.189. The summed E-state index contributed by atoms with van der Waals surface area (Å²) in [6.45, 7) is 0. The van der Waals surface area contributed by atoms with Crippen molar-refractivity contribution >= 4 is 10.0 Å². The molecule has 66 valence electrons. The highest BCUT2D eigenvalue weighted by atomic mass is 32.2. The van der Waals surface area contributed by atoms with Crippen LogP contribution in [0.1, 0.15) is 0 Å². The molecular formula is C6H7FN2O2S. The van der Waals surface area contributed by atoms with E-state index in [4.69, 9.17) is 0 Å². The van der Waals surface area contributed by atoms with E-state index in [-0.39, 0.29) is 5.03 Å². The predicted octanol–water partition coefficient (Wildman–Crippen LogP) is 0.129. The van der Waals surface area contributed by atoms with Crippen molar-refractivity contribution in [1.29, 1.82) is 0 Å². The Bertz CT molecular complexity index is 360. The van der Waals surface area contributed by atoms with Crippen molar-refractivity contribution in [3.05, 3.63) is 24.1 Å². The van der Waals surface area contributed by atoms with E-state index in [1.54, 1.807) is 0 Å². The molecular weight excluding hydrogens is 183 g/mol. The first-order chi connectivity index (χ1) is 5.56. The van der Waals surface area contributed by atoms with E-state index in [2.05, 4.69) is 9.71 Å². The number of aromatic nitrogens is 1. The van der Waals surface area contributed by atoms with Crippen LogP contribution in [0.3, 0.4) is 0 Å². The minimum atomic E-state index is -3.54. The molecule has 4 nitrogen and oxygen atoms in total. The van der Waals surface area contributed by atoms with Crippen molar-refractivity contribution in [2.75, 3.05) is 7.05 Å². The van der Waals surface area contributed by atoms with Crippen LogP contribution in [0, 0.1) is 5.82 Å². The lowest BCUT2D eigenvalue weighted by Gasteiger charge is -1.99. The van der Waals surface area contributed by atoms with Gasteiger partial charge in [-0.15, -0.1) is 0 Å². The molecule has 0 bridgehead atoms. The monoisotopic (exact) mass is 190 g/mol. The van der Waals surface area contributed by atoms with E-state index in [1.165, 1.54) is 7.05 Å². The zero-order chi connectivity index (χ0) is 9.19. The summed E-state index contributed by atoms with van der Waals surface area (Å²) in [6.07, 6.45) is 0.851. The number of halogens is 1. The Hall–Kier alpha value is -1.01. The quantitative estimate of drug-likeness (QED) is 0.721. The molecule has 1 aromatic rings. The minimum Gasteiger partial charge on any atom is -0.240 e. The molecule has 0 saturated carbocycles. The summed E-state index contributed by atoms with van der Waals surface area (Å²) >= 11 is 0. The van der Waals surface area contributed by atoms with Gasteiger partial charge in [-0.1, -0.05) is 0 Å². The van der Waals surface area contributed by atoms with Crippen LogP contribution >= 0.6 is 0 Å². The van der Waals surface area contributed by atoms with E-state index in [0.717, 1.165) is 18.3 Å². The first-order valence-electron chi connectivity index (χ1n) is 3.11. The number of hydrogen-bond acceptors (Lipinski definition) is 3. The van der Waals surface area contributed by atoms with Crippen LogP contribution < -0.4 is 4.72 Å². The highest BCUT2D eigenvalue weighted by Crippen LogP contribution is 2.03. The van der Waals surface area contributed by atoms with Gasteiger partial charge in [-0.3, -0.25) is 0 Å². The fourth-order valence-corrected chi connectivity index (χ4v) is 1.27. The van der Waals surface area contributed by atoms with Gasteiger partial charge in [0.25, 0.3) is 10.0 Å². The Morgan fingerprint density at radius 3 is 2.58 bits per heavy atom. The van der Waals surface area contributed by atoms with Gasteiger partial charge in [0.2, 0.25) is 0 Å². The van der Waals surface area contributed by atoms with Gasteiger partial charge in [0.1, 0.15) is 5.82 Å². The van der Waals surface area contributed by atoms with Gasteiger partial charge in [-0.25, -0.2) is 22.5 Å². The fourth-order valence-electron chi connectivity index (χ4n) is 0.626. The number of rotatable bonds is 2. The van der Waals surface area contributed by atoms with Gasteiger partial charge in [0.05, 0.1) is 6.20 Å². The Morgan fingerprint density at radius 2 is 2.17 bits per heavy atom. The fraction of sp³-hybridized carbons (Fsp3) is 0.167. The Kier molecular flexibility index (Phi) is 2.39. The van der Waals surface area contributed by atoms with Crippen LogP contribution in [0.25, 0.3) is 0 Å². The zero-order valence-corrected chi connectivity index (χ0v) is 7.10.